The van der Waals surface area contributed by atoms with Crippen LogP contribution in [0.15, 0.2) is 34.8 Å². The zero-order valence-corrected chi connectivity index (χ0v) is 17.0. The number of halogens is 3. The van der Waals surface area contributed by atoms with Gasteiger partial charge >= 0.3 is 0 Å². The molecule has 0 fully saturated rings. The van der Waals surface area contributed by atoms with Gasteiger partial charge in [0.1, 0.15) is 0 Å². The SMILES string of the molecule is Cc1nn(C)c(CC(CBr)(CBr)Cc2ccccc2)c1Br. The van der Waals surface area contributed by atoms with Gasteiger partial charge < -0.3 is 0 Å². The normalized spacial score (nSPS) is 11.9. The first-order valence-electron chi connectivity index (χ1n) is 6.85. The van der Waals surface area contributed by atoms with Crippen molar-refractivity contribution >= 4 is 47.8 Å². The van der Waals surface area contributed by atoms with Crippen LogP contribution >= 0.6 is 47.8 Å². The molecular weight excluding hydrogens is 460 g/mol. The number of rotatable bonds is 6. The summed E-state index contributed by atoms with van der Waals surface area (Å²) in [4.78, 5) is 0. The largest absolute Gasteiger partial charge is 0.271 e. The van der Waals surface area contributed by atoms with Gasteiger partial charge in [-0.25, -0.2) is 0 Å². The van der Waals surface area contributed by atoms with E-state index in [0.29, 0.717) is 0 Å². The summed E-state index contributed by atoms with van der Waals surface area (Å²) in [6.07, 6.45) is 2.00. The van der Waals surface area contributed by atoms with Crippen LogP contribution in [0.25, 0.3) is 0 Å². The predicted octanol–water partition coefficient (Wildman–Crippen LogP) is 5.05. The number of nitrogens with zero attached hydrogens (tertiary/aromatic N) is 2. The Hall–Kier alpha value is -0.130. The molecule has 0 atom stereocenters. The molecule has 0 saturated heterocycles. The fourth-order valence-electron chi connectivity index (χ4n) is 2.54. The fourth-order valence-corrected chi connectivity index (χ4v) is 4.74. The molecule has 0 N–H and O–H groups in total. The number of aryl methyl sites for hydroxylation is 2. The van der Waals surface area contributed by atoms with E-state index in [1.165, 1.54) is 11.3 Å². The second-order valence-electron chi connectivity index (χ2n) is 5.58. The zero-order valence-electron chi connectivity index (χ0n) is 12.2. The number of benzene rings is 1. The highest BCUT2D eigenvalue weighted by atomic mass is 79.9. The van der Waals surface area contributed by atoms with Crippen LogP contribution in [0.3, 0.4) is 0 Å². The number of aromatic nitrogens is 2. The molecule has 0 aliphatic heterocycles. The summed E-state index contributed by atoms with van der Waals surface area (Å²) in [5.41, 5.74) is 3.79. The molecule has 1 heterocycles. The van der Waals surface area contributed by atoms with Gasteiger partial charge in [-0.3, -0.25) is 4.68 Å². The number of hydrogen-bond donors (Lipinski definition) is 0. The Labute approximate surface area is 151 Å². The van der Waals surface area contributed by atoms with E-state index in [2.05, 4.69) is 83.2 Å². The zero-order chi connectivity index (χ0) is 15.5. The third-order valence-corrected chi connectivity index (χ3v) is 7.20. The molecule has 1 aromatic heterocycles. The van der Waals surface area contributed by atoms with E-state index in [9.17, 15) is 0 Å². The van der Waals surface area contributed by atoms with Crippen molar-refractivity contribution in [2.45, 2.75) is 19.8 Å². The number of alkyl halides is 2. The summed E-state index contributed by atoms with van der Waals surface area (Å²) in [5, 5.41) is 6.39. The van der Waals surface area contributed by atoms with Gasteiger partial charge in [0.15, 0.2) is 0 Å². The summed E-state index contributed by atoms with van der Waals surface area (Å²) in [6.45, 7) is 2.04. The Morgan fingerprint density at radius 2 is 1.71 bits per heavy atom. The van der Waals surface area contributed by atoms with E-state index in [-0.39, 0.29) is 5.41 Å². The lowest BCUT2D eigenvalue weighted by Crippen LogP contribution is -2.31. The molecule has 0 amide bonds. The lowest BCUT2D eigenvalue weighted by atomic mass is 9.81. The monoisotopic (exact) mass is 476 g/mol. The van der Waals surface area contributed by atoms with Crippen molar-refractivity contribution in [1.29, 1.82) is 0 Å². The summed E-state index contributed by atoms with van der Waals surface area (Å²) in [6, 6.07) is 10.7. The molecule has 0 spiro atoms. The van der Waals surface area contributed by atoms with Crippen LogP contribution in [-0.4, -0.2) is 20.4 Å². The minimum absolute atomic E-state index is 0.129. The van der Waals surface area contributed by atoms with Crippen molar-refractivity contribution in [1.82, 2.24) is 9.78 Å². The van der Waals surface area contributed by atoms with E-state index in [1.807, 2.05) is 18.7 Å². The summed E-state index contributed by atoms with van der Waals surface area (Å²) in [5.74, 6) is 0. The molecule has 2 aromatic rings. The Balaban J connectivity index is 2.30. The first kappa shape index (κ1) is 17.2. The molecule has 0 saturated carbocycles. The van der Waals surface area contributed by atoms with Gasteiger partial charge in [0.25, 0.3) is 0 Å². The van der Waals surface area contributed by atoms with Crippen LogP contribution < -0.4 is 0 Å². The molecule has 5 heteroatoms. The lowest BCUT2D eigenvalue weighted by Gasteiger charge is -2.30. The van der Waals surface area contributed by atoms with Crippen LogP contribution in [0.2, 0.25) is 0 Å². The minimum atomic E-state index is 0.129. The fraction of sp³-hybridized carbons (Fsp3) is 0.438. The van der Waals surface area contributed by atoms with Crippen LogP contribution in [0.1, 0.15) is 17.0 Å². The topological polar surface area (TPSA) is 17.8 Å². The Bertz CT molecular complexity index is 589. The molecule has 0 aliphatic rings. The third-order valence-electron chi connectivity index (χ3n) is 3.79. The van der Waals surface area contributed by atoms with Gasteiger partial charge in [0.05, 0.1) is 15.9 Å². The van der Waals surface area contributed by atoms with Crippen LogP contribution in [0.5, 0.6) is 0 Å². The molecule has 0 aliphatic carbocycles. The highest BCUT2D eigenvalue weighted by Crippen LogP contribution is 2.35. The average molecular weight is 479 g/mol. The molecule has 2 rings (SSSR count). The van der Waals surface area contributed by atoms with Crippen LogP contribution in [0, 0.1) is 12.3 Å². The van der Waals surface area contributed by atoms with E-state index in [4.69, 9.17) is 0 Å². The van der Waals surface area contributed by atoms with Crippen LogP contribution in [-0.2, 0) is 19.9 Å². The lowest BCUT2D eigenvalue weighted by molar-refractivity contribution is 0.374. The highest BCUT2D eigenvalue weighted by Gasteiger charge is 2.31. The van der Waals surface area contributed by atoms with Crippen molar-refractivity contribution in [2.75, 3.05) is 10.7 Å². The molecule has 2 nitrogen and oxygen atoms in total. The van der Waals surface area contributed by atoms with Gasteiger partial charge in [0.2, 0.25) is 0 Å². The minimum Gasteiger partial charge on any atom is -0.271 e. The second-order valence-corrected chi connectivity index (χ2v) is 7.49. The van der Waals surface area contributed by atoms with Gasteiger partial charge in [-0.15, -0.1) is 0 Å². The Kier molecular flexibility index (Phi) is 6.09. The molecule has 0 radical (unpaired) electrons. The number of hydrogen-bond acceptors (Lipinski definition) is 1. The Morgan fingerprint density at radius 1 is 1.10 bits per heavy atom. The average Bonchev–Trinajstić information content (AvgIpc) is 2.73. The smallest absolute Gasteiger partial charge is 0.0738 e. The van der Waals surface area contributed by atoms with Gasteiger partial charge in [-0.05, 0) is 46.7 Å². The summed E-state index contributed by atoms with van der Waals surface area (Å²) < 4.78 is 3.12. The molecule has 1 aromatic carbocycles. The molecule has 114 valence electrons. The summed E-state index contributed by atoms with van der Waals surface area (Å²) >= 11 is 11.1. The maximum absolute atomic E-state index is 4.51. The van der Waals surface area contributed by atoms with Gasteiger partial charge in [-0.1, -0.05) is 62.2 Å². The van der Waals surface area contributed by atoms with Crippen molar-refractivity contribution in [2.24, 2.45) is 12.5 Å². The van der Waals surface area contributed by atoms with E-state index in [0.717, 1.165) is 33.7 Å². The first-order valence-corrected chi connectivity index (χ1v) is 9.89. The maximum Gasteiger partial charge on any atom is 0.0738 e. The van der Waals surface area contributed by atoms with Crippen molar-refractivity contribution < 1.29 is 0 Å². The molecular formula is C16H19Br3N2. The highest BCUT2D eigenvalue weighted by molar-refractivity contribution is 9.10. The predicted molar refractivity (Wildman–Crippen MR) is 99.5 cm³/mol. The standard InChI is InChI=1S/C16H19Br3N2/c1-12-15(19)14(21(2)20-12)9-16(10-17,11-18)8-13-6-4-3-5-7-13/h3-7H,8-11H2,1-2H3. The Morgan fingerprint density at radius 3 is 2.19 bits per heavy atom. The summed E-state index contributed by atoms with van der Waals surface area (Å²) in [7, 11) is 2.02. The third kappa shape index (κ3) is 3.99. The first-order chi connectivity index (χ1) is 10.0. The van der Waals surface area contributed by atoms with E-state index >= 15 is 0 Å². The quantitative estimate of drug-likeness (QED) is 0.531. The van der Waals surface area contributed by atoms with Gasteiger partial charge in [0, 0.05) is 17.7 Å². The maximum atomic E-state index is 4.51. The van der Waals surface area contributed by atoms with Gasteiger partial charge in [-0.2, -0.15) is 5.10 Å². The molecule has 0 bridgehead atoms. The van der Waals surface area contributed by atoms with E-state index < -0.39 is 0 Å². The van der Waals surface area contributed by atoms with Crippen molar-refractivity contribution in [3.05, 3.63) is 51.8 Å². The van der Waals surface area contributed by atoms with Crippen molar-refractivity contribution in [3.8, 4) is 0 Å². The second kappa shape index (κ2) is 7.42. The molecule has 0 unspecified atom stereocenters. The van der Waals surface area contributed by atoms with E-state index in [1.54, 1.807) is 0 Å². The molecule has 21 heavy (non-hydrogen) atoms. The van der Waals surface area contributed by atoms with Crippen LogP contribution in [0.4, 0.5) is 0 Å². The van der Waals surface area contributed by atoms with Crippen molar-refractivity contribution in [3.63, 3.8) is 0 Å².